The van der Waals surface area contributed by atoms with Gasteiger partial charge in [-0.2, -0.15) is 0 Å². The number of aromatic amines is 1. The number of hydrogen-bond donors (Lipinski definition) is 1. The molecule has 2 aromatic carbocycles. The standard InChI is InChI=1S/C27H32N4O3/c1-34-23-10-11-24-21(14-23)15-25(28-24)27(33)30-18-22(17-29-12-6-3-7-13-29)31(26(32)19-30)16-20-8-4-2-5-9-20/h2,4-5,8-11,14-15,22,28H,3,6-7,12-13,16-19H2,1H3/t22-/m1/s1. The molecule has 0 unspecified atom stereocenters. The number of benzene rings is 2. The molecular formula is C27H32N4O3. The van der Waals surface area contributed by atoms with Crippen LogP contribution in [0.5, 0.6) is 5.75 Å². The van der Waals surface area contributed by atoms with Crippen LogP contribution in [0.4, 0.5) is 0 Å². The summed E-state index contributed by atoms with van der Waals surface area (Å²) in [6, 6.07) is 17.6. The second kappa shape index (κ2) is 9.89. The van der Waals surface area contributed by atoms with E-state index in [0.29, 0.717) is 18.8 Å². The minimum Gasteiger partial charge on any atom is -0.497 e. The summed E-state index contributed by atoms with van der Waals surface area (Å²) >= 11 is 0. The van der Waals surface area contributed by atoms with Crippen molar-refractivity contribution in [3.05, 3.63) is 65.9 Å². The molecule has 3 heterocycles. The van der Waals surface area contributed by atoms with Crippen LogP contribution in [-0.4, -0.2) is 77.4 Å². The van der Waals surface area contributed by atoms with Gasteiger partial charge in [0.15, 0.2) is 0 Å². The minimum absolute atomic E-state index is 0.00300. The highest BCUT2D eigenvalue weighted by atomic mass is 16.5. The third kappa shape index (κ3) is 4.80. The Balaban J connectivity index is 1.37. The molecule has 2 saturated heterocycles. The van der Waals surface area contributed by atoms with Gasteiger partial charge in [0, 0.05) is 30.5 Å². The van der Waals surface area contributed by atoms with E-state index in [9.17, 15) is 9.59 Å². The number of methoxy groups -OCH3 is 1. The van der Waals surface area contributed by atoms with Crippen molar-refractivity contribution in [3.8, 4) is 5.75 Å². The Morgan fingerprint density at radius 2 is 1.85 bits per heavy atom. The summed E-state index contributed by atoms with van der Waals surface area (Å²) in [4.78, 5) is 36.1. The highest BCUT2D eigenvalue weighted by Crippen LogP contribution is 2.24. The predicted octanol–water partition coefficient (Wildman–Crippen LogP) is 3.52. The van der Waals surface area contributed by atoms with Crippen LogP contribution in [-0.2, 0) is 11.3 Å². The van der Waals surface area contributed by atoms with Crippen LogP contribution in [0.1, 0.15) is 35.3 Å². The van der Waals surface area contributed by atoms with Gasteiger partial charge in [-0.15, -0.1) is 0 Å². The van der Waals surface area contributed by atoms with Crippen molar-refractivity contribution in [2.45, 2.75) is 31.8 Å². The Morgan fingerprint density at radius 1 is 1.06 bits per heavy atom. The number of hydrogen-bond acceptors (Lipinski definition) is 4. The average Bonchev–Trinajstić information content (AvgIpc) is 3.30. The number of rotatable bonds is 6. The van der Waals surface area contributed by atoms with Crippen molar-refractivity contribution in [2.24, 2.45) is 0 Å². The highest BCUT2D eigenvalue weighted by Gasteiger charge is 2.36. The maximum absolute atomic E-state index is 13.5. The molecule has 0 radical (unpaired) electrons. The van der Waals surface area contributed by atoms with Gasteiger partial charge in [0.05, 0.1) is 13.2 Å². The number of piperazine rings is 1. The van der Waals surface area contributed by atoms with Gasteiger partial charge in [-0.05, 0) is 55.8 Å². The molecule has 0 bridgehead atoms. The molecule has 2 fully saturated rings. The number of nitrogens with one attached hydrogen (secondary N) is 1. The topological polar surface area (TPSA) is 68.9 Å². The Hall–Kier alpha value is -3.32. The number of fused-ring (bicyclic) bond motifs is 1. The lowest BCUT2D eigenvalue weighted by atomic mass is 10.1. The second-order valence-electron chi connectivity index (χ2n) is 9.34. The number of ether oxygens (including phenoxy) is 1. The van der Waals surface area contributed by atoms with Crippen molar-refractivity contribution in [1.82, 2.24) is 19.7 Å². The SMILES string of the molecule is COc1ccc2[nH]c(C(=O)N3CC(=O)N(Cc4ccccc4)[C@H](CN4CCCCC4)C3)cc2c1. The van der Waals surface area contributed by atoms with Gasteiger partial charge in [0.2, 0.25) is 5.91 Å². The zero-order chi connectivity index (χ0) is 23.5. The van der Waals surface area contributed by atoms with Gasteiger partial charge in [0.1, 0.15) is 18.0 Å². The van der Waals surface area contributed by atoms with E-state index in [1.165, 1.54) is 19.3 Å². The average molecular weight is 461 g/mol. The second-order valence-corrected chi connectivity index (χ2v) is 9.34. The van der Waals surface area contributed by atoms with Crippen LogP contribution in [0, 0.1) is 0 Å². The van der Waals surface area contributed by atoms with Gasteiger partial charge in [0.25, 0.3) is 5.91 Å². The van der Waals surface area contributed by atoms with Gasteiger partial charge in [-0.3, -0.25) is 9.59 Å². The first-order valence-corrected chi connectivity index (χ1v) is 12.1. The van der Waals surface area contributed by atoms with Gasteiger partial charge < -0.3 is 24.4 Å². The molecule has 0 saturated carbocycles. The summed E-state index contributed by atoms with van der Waals surface area (Å²) in [6.45, 7) is 4.12. The number of aromatic nitrogens is 1. The Labute approximate surface area is 200 Å². The Kier molecular flexibility index (Phi) is 6.54. The summed E-state index contributed by atoms with van der Waals surface area (Å²) in [5.74, 6) is 0.617. The molecule has 178 valence electrons. The van der Waals surface area contributed by atoms with Gasteiger partial charge >= 0.3 is 0 Å². The van der Waals surface area contributed by atoms with Crippen molar-refractivity contribution in [3.63, 3.8) is 0 Å². The molecule has 2 amide bonds. The van der Waals surface area contributed by atoms with Crippen molar-refractivity contribution in [2.75, 3.05) is 39.8 Å². The van der Waals surface area contributed by atoms with Crippen LogP contribution < -0.4 is 4.74 Å². The molecule has 3 aromatic rings. The van der Waals surface area contributed by atoms with Crippen LogP contribution in [0.2, 0.25) is 0 Å². The zero-order valence-electron chi connectivity index (χ0n) is 19.7. The molecule has 2 aliphatic rings. The maximum Gasteiger partial charge on any atom is 0.270 e. The molecule has 0 aliphatic carbocycles. The molecule has 34 heavy (non-hydrogen) atoms. The number of carbonyl (C=O) groups excluding carboxylic acids is 2. The number of amides is 2. The van der Waals surface area contributed by atoms with Crippen LogP contribution in [0.3, 0.4) is 0 Å². The van der Waals surface area contributed by atoms with Crippen molar-refractivity contribution < 1.29 is 14.3 Å². The number of H-pyrrole nitrogens is 1. The molecule has 7 heteroatoms. The molecule has 0 spiro atoms. The summed E-state index contributed by atoms with van der Waals surface area (Å²) in [5.41, 5.74) is 2.50. The summed E-state index contributed by atoms with van der Waals surface area (Å²) < 4.78 is 5.31. The third-order valence-corrected chi connectivity index (χ3v) is 6.98. The first-order valence-electron chi connectivity index (χ1n) is 12.1. The first kappa shape index (κ1) is 22.5. The van der Waals surface area contributed by atoms with E-state index in [1.807, 2.05) is 47.4 Å². The van der Waals surface area contributed by atoms with E-state index < -0.39 is 0 Å². The van der Waals surface area contributed by atoms with E-state index in [2.05, 4.69) is 22.0 Å². The fraction of sp³-hybridized carbons (Fsp3) is 0.407. The Morgan fingerprint density at radius 3 is 2.62 bits per heavy atom. The van der Waals surface area contributed by atoms with E-state index in [0.717, 1.165) is 41.9 Å². The van der Waals surface area contributed by atoms with E-state index >= 15 is 0 Å². The molecule has 5 rings (SSSR count). The molecule has 7 nitrogen and oxygen atoms in total. The Bertz CT molecular complexity index is 1150. The first-order chi connectivity index (χ1) is 16.6. The predicted molar refractivity (Wildman–Crippen MR) is 132 cm³/mol. The van der Waals surface area contributed by atoms with Crippen LogP contribution >= 0.6 is 0 Å². The summed E-state index contributed by atoms with van der Waals surface area (Å²) in [7, 11) is 1.63. The molecule has 1 N–H and O–H groups in total. The normalized spacial score (nSPS) is 19.6. The zero-order valence-corrected chi connectivity index (χ0v) is 19.7. The number of nitrogens with zero attached hydrogens (tertiary/aromatic N) is 3. The minimum atomic E-state index is -0.133. The van der Waals surface area contributed by atoms with Crippen molar-refractivity contribution in [1.29, 1.82) is 0 Å². The molecule has 1 aromatic heterocycles. The number of piperidine rings is 1. The maximum atomic E-state index is 13.5. The van der Waals surface area contributed by atoms with Gasteiger partial charge in [-0.1, -0.05) is 36.8 Å². The van der Waals surface area contributed by atoms with Crippen molar-refractivity contribution >= 4 is 22.7 Å². The summed E-state index contributed by atoms with van der Waals surface area (Å²) in [6.07, 6.45) is 3.66. The van der Waals surface area contributed by atoms with E-state index in [1.54, 1.807) is 12.0 Å². The fourth-order valence-corrected chi connectivity index (χ4v) is 5.15. The molecule has 1 atom stereocenters. The fourth-order valence-electron chi connectivity index (χ4n) is 5.15. The van der Waals surface area contributed by atoms with E-state index in [4.69, 9.17) is 4.74 Å². The highest BCUT2D eigenvalue weighted by molar-refractivity contribution is 6.00. The lowest BCUT2D eigenvalue weighted by Crippen LogP contribution is -2.60. The van der Waals surface area contributed by atoms with Crippen LogP contribution in [0.25, 0.3) is 10.9 Å². The van der Waals surface area contributed by atoms with Crippen LogP contribution in [0.15, 0.2) is 54.6 Å². The number of carbonyl (C=O) groups is 2. The molecular weight excluding hydrogens is 428 g/mol. The lowest BCUT2D eigenvalue weighted by Gasteiger charge is -2.43. The van der Waals surface area contributed by atoms with Gasteiger partial charge in [-0.25, -0.2) is 0 Å². The molecule has 2 aliphatic heterocycles. The largest absolute Gasteiger partial charge is 0.497 e. The number of likely N-dealkylation sites (tertiary alicyclic amines) is 1. The third-order valence-electron chi connectivity index (χ3n) is 6.98. The quantitative estimate of drug-likeness (QED) is 0.611. The lowest BCUT2D eigenvalue weighted by molar-refractivity contribution is -0.140. The summed E-state index contributed by atoms with van der Waals surface area (Å²) in [5, 5.41) is 0.918. The monoisotopic (exact) mass is 460 g/mol. The van der Waals surface area contributed by atoms with E-state index in [-0.39, 0.29) is 24.4 Å². The smallest absolute Gasteiger partial charge is 0.270 e.